The van der Waals surface area contributed by atoms with E-state index in [9.17, 15) is 0 Å². The molecule has 0 bridgehead atoms. The van der Waals surface area contributed by atoms with Crippen molar-refractivity contribution in [2.75, 3.05) is 7.11 Å². The van der Waals surface area contributed by atoms with Crippen LogP contribution in [0.25, 0.3) is 0 Å². The molecule has 0 aromatic carbocycles. The third-order valence-electron chi connectivity index (χ3n) is 3.16. The minimum atomic E-state index is 0.340. The predicted octanol–water partition coefficient (Wildman–Crippen LogP) is 1.45. The lowest BCUT2D eigenvalue weighted by atomic mass is 9.99. The maximum absolute atomic E-state index is 5.10. The fourth-order valence-corrected chi connectivity index (χ4v) is 2.11. The molecule has 12 heavy (non-hydrogen) atoms. The molecule has 2 aliphatic rings. The molecule has 3 atom stereocenters. The Morgan fingerprint density at radius 1 is 1.67 bits per heavy atom. The summed E-state index contributed by atoms with van der Waals surface area (Å²) in [6.07, 6.45) is 4.42. The van der Waals surface area contributed by atoms with Crippen molar-refractivity contribution in [3.05, 3.63) is 25.0 Å². The molecule has 2 rings (SSSR count). The molecular weight excluding hydrogens is 150 g/mol. The first-order valence-corrected chi connectivity index (χ1v) is 4.34. The van der Waals surface area contributed by atoms with Crippen molar-refractivity contribution in [3.8, 4) is 0 Å². The minimum absolute atomic E-state index is 0.340. The summed E-state index contributed by atoms with van der Waals surface area (Å²) in [5, 5.41) is 3.47. The predicted molar refractivity (Wildman–Crippen MR) is 48.7 cm³/mol. The van der Waals surface area contributed by atoms with Gasteiger partial charge in [0, 0.05) is 11.5 Å². The van der Waals surface area contributed by atoms with E-state index in [1.807, 2.05) is 0 Å². The van der Waals surface area contributed by atoms with Crippen LogP contribution >= 0.6 is 0 Å². The van der Waals surface area contributed by atoms with Crippen molar-refractivity contribution in [2.45, 2.75) is 24.9 Å². The second kappa shape index (κ2) is 2.36. The molecule has 1 saturated carbocycles. The van der Waals surface area contributed by atoms with Gasteiger partial charge in [-0.25, -0.2) is 0 Å². The maximum atomic E-state index is 5.10. The van der Waals surface area contributed by atoms with Crippen LogP contribution in [0.15, 0.2) is 25.0 Å². The Morgan fingerprint density at radius 3 is 2.92 bits per heavy atom. The molecule has 1 saturated heterocycles. The first-order valence-electron chi connectivity index (χ1n) is 4.34. The van der Waals surface area contributed by atoms with Crippen molar-refractivity contribution < 1.29 is 4.74 Å². The van der Waals surface area contributed by atoms with Gasteiger partial charge in [0.05, 0.1) is 13.2 Å². The average Bonchev–Trinajstić information content (AvgIpc) is 2.68. The van der Waals surface area contributed by atoms with Gasteiger partial charge < -0.3 is 10.1 Å². The van der Waals surface area contributed by atoms with Crippen LogP contribution in [-0.4, -0.2) is 19.2 Å². The summed E-state index contributed by atoms with van der Waals surface area (Å²) in [7, 11) is 1.68. The van der Waals surface area contributed by atoms with E-state index in [1.165, 1.54) is 6.42 Å². The zero-order valence-electron chi connectivity index (χ0n) is 7.47. The van der Waals surface area contributed by atoms with Gasteiger partial charge in [-0.2, -0.15) is 0 Å². The van der Waals surface area contributed by atoms with Crippen LogP contribution in [0.2, 0.25) is 0 Å². The molecule has 0 amide bonds. The fraction of sp³-hybridized carbons (Fsp3) is 0.600. The monoisotopic (exact) mass is 165 g/mol. The standard InChI is InChI=1S/C10H15NO/c1-4-10-5-8(7(2)12-3)11-9(10)6-10/h4,8-9,11H,1-2,5-6H2,3H3. The van der Waals surface area contributed by atoms with E-state index in [2.05, 4.69) is 24.6 Å². The Labute approximate surface area is 73.3 Å². The van der Waals surface area contributed by atoms with Gasteiger partial charge in [0.1, 0.15) is 5.76 Å². The molecule has 1 aliphatic carbocycles. The summed E-state index contributed by atoms with van der Waals surface area (Å²) >= 11 is 0. The molecule has 1 N–H and O–H groups in total. The second-order valence-corrected chi connectivity index (χ2v) is 3.79. The SMILES string of the molecule is C=CC12CC(C(=C)OC)NC1C2. The van der Waals surface area contributed by atoms with Gasteiger partial charge in [-0.05, 0) is 12.8 Å². The van der Waals surface area contributed by atoms with Crippen molar-refractivity contribution in [3.63, 3.8) is 0 Å². The number of ether oxygens (including phenoxy) is 1. The van der Waals surface area contributed by atoms with Gasteiger partial charge in [0.25, 0.3) is 0 Å². The summed E-state index contributed by atoms with van der Waals surface area (Å²) in [6.45, 7) is 7.72. The molecule has 1 heterocycles. The molecule has 2 fully saturated rings. The number of hydrogen-bond donors (Lipinski definition) is 1. The topological polar surface area (TPSA) is 21.3 Å². The zero-order chi connectivity index (χ0) is 8.77. The van der Waals surface area contributed by atoms with Gasteiger partial charge in [-0.3, -0.25) is 0 Å². The van der Waals surface area contributed by atoms with E-state index in [0.717, 1.165) is 12.2 Å². The van der Waals surface area contributed by atoms with E-state index in [1.54, 1.807) is 7.11 Å². The Kier molecular flexibility index (Phi) is 1.55. The highest BCUT2D eigenvalue weighted by molar-refractivity contribution is 5.26. The normalized spacial score (nSPS) is 43.4. The lowest BCUT2D eigenvalue weighted by Crippen LogP contribution is -2.27. The highest BCUT2D eigenvalue weighted by Crippen LogP contribution is 2.56. The third-order valence-corrected chi connectivity index (χ3v) is 3.16. The second-order valence-electron chi connectivity index (χ2n) is 3.79. The molecule has 1 aliphatic heterocycles. The van der Waals surface area contributed by atoms with Gasteiger partial charge >= 0.3 is 0 Å². The van der Waals surface area contributed by atoms with E-state index < -0.39 is 0 Å². The molecule has 2 nitrogen and oxygen atoms in total. The minimum Gasteiger partial charge on any atom is -0.500 e. The number of methoxy groups -OCH3 is 1. The molecule has 0 spiro atoms. The third kappa shape index (κ3) is 0.911. The fourth-order valence-electron chi connectivity index (χ4n) is 2.11. The van der Waals surface area contributed by atoms with Crippen LogP contribution in [-0.2, 0) is 4.74 Å². The smallest absolute Gasteiger partial charge is 0.105 e. The van der Waals surface area contributed by atoms with Gasteiger partial charge in [0.15, 0.2) is 0 Å². The zero-order valence-corrected chi connectivity index (χ0v) is 7.47. The van der Waals surface area contributed by atoms with Crippen molar-refractivity contribution in [1.29, 1.82) is 0 Å². The summed E-state index contributed by atoms with van der Waals surface area (Å²) < 4.78 is 5.10. The summed E-state index contributed by atoms with van der Waals surface area (Å²) in [5.74, 6) is 0.850. The number of nitrogens with one attached hydrogen (secondary N) is 1. The largest absolute Gasteiger partial charge is 0.500 e. The van der Waals surface area contributed by atoms with Gasteiger partial charge in [-0.1, -0.05) is 12.7 Å². The Balaban J connectivity index is 2.01. The Hall–Kier alpha value is -0.760. The summed E-state index contributed by atoms with van der Waals surface area (Å²) in [4.78, 5) is 0. The number of fused-ring (bicyclic) bond motifs is 1. The van der Waals surface area contributed by atoms with Crippen LogP contribution in [0.5, 0.6) is 0 Å². The van der Waals surface area contributed by atoms with Crippen molar-refractivity contribution in [1.82, 2.24) is 5.32 Å². The van der Waals surface area contributed by atoms with Crippen LogP contribution < -0.4 is 5.32 Å². The quantitative estimate of drug-likeness (QED) is 0.505. The van der Waals surface area contributed by atoms with Crippen molar-refractivity contribution >= 4 is 0 Å². The van der Waals surface area contributed by atoms with Crippen LogP contribution in [0.1, 0.15) is 12.8 Å². The number of piperidine rings is 1. The lowest BCUT2D eigenvalue weighted by molar-refractivity contribution is 0.253. The van der Waals surface area contributed by atoms with Crippen LogP contribution in [0, 0.1) is 5.41 Å². The van der Waals surface area contributed by atoms with E-state index >= 15 is 0 Å². The number of hydrogen-bond acceptors (Lipinski definition) is 2. The van der Waals surface area contributed by atoms with Crippen LogP contribution in [0.4, 0.5) is 0 Å². The summed E-state index contributed by atoms with van der Waals surface area (Å²) in [5.41, 5.74) is 0.367. The highest BCUT2D eigenvalue weighted by atomic mass is 16.5. The van der Waals surface area contributed by atoms with E-state index in [4.69, 9.17) is 4.74 Å². The van der Waals surface area contributed by atoms with Crippen LogP contribution in [0.3, 0.4) is 0 Å². The van der Waals surface area contributed by atoms with E-state index in [0.29, 0.717) is 17.5 Å². The molecule has 0 radical (unpaired) electrons. The molecule has 0 aromatic rings. The van der Waals surface area contributed by atoms with Gasteiger partial charge in [0.2, 0.25) is 0 Å². The molecule has 3 unspecified atom stereocenters. The molecular formula is C10H15NO. The molecule has 2 heteroatoms. The van der Waals surface area contributed by atoms with Crippen molar-refractivity contribution in [2.24, 2.45) is 5.41 Å². The highest BCUT2D eigenvalue weighted by Gasteiger charge is 2.58. The number of rotatable bonds is 3. The average molecular weight is 165 g/mol. The van der Waals surface area contributed by atoms with E-state index in [-0.39, 0.29) is 0 Å². The van der Waals surface area contributed by atoms with Gasteiger partial charge in [-0.15, -0.1) is 6.58 Å². The Bertz CT molecular complexity index is 236. The molecule has 66 valence electrons. The summed E-state index contributed by atoms with van der Waals surface area (Å²) in [6, 6.07) is 0.971. The Morgan fingerprint density at radius 2 is 2.42 bits per heavy atom. The molecule has 0 aromatic heterocycles. The maximum Gasteiger partial charge on any atom is 0.105 e. The first-order chi connectivity index (χ1) is 5.72. The lowest BCUT2D eigenvalue weighted by Gasteiger charge is -2.15. The first kappa shape index (κ1) is 7.87.